The largest absolute Gasteiger partial charge is 0.313 e. The molecular formula is C11H24N2. The van der Waals surface area contributed by atoms with Crippen molar-refractivity contribution in [1.82, 2.24) is 10.2 Å². The summed E-state index contributed by atoms with van der Waals surface area (Å²) in [5.74, 6) is 1.98. The van der Waals surface area contributed by atoms with Gasteiger partial charge in [-0.25, -0.2) is 0 Å². The second kappa shape index (κ2) is 4.97. The van der Waals surface area contributed by atoms with Gasteiger partial charge in [0.2, 0.25) is 0 Å². The van der Waals surface area contributed by atoms with Gasteiger partial charge in [0.25, 0.3) is 0 Å². The molecule has 2 atom stereocenters. The molecule has 0 aliphatic heterocycles. The van der Waals surface area contributed by atoms with Gasteiger partial charge in [-0.15, -0.1) is 0 Å². The van der Waals surface area contributed by atoms with Crippen molar-refractivity contribution in [3.63, 3.8) is 0 Å². The molecule has 13 heavy (non-hydrogen) atoms. The molecule has 1 fully saturated rings. The molecule has 78 valence electrons. The maximum absolute atomic E-state index is 3.44. The van der Waals surface area contributed by atoms with E-state index < -0.39 is 0 Å². The molecule has 1 N–H and O–H groups in total. The van der Waals surface area contributed by atoms with Gasteiger partial charge in [0, 0.05) is 25.7 Å². The SMILES string of the molecule is CC(C)NCCN(C)CC1CC1C. The van der Waals surface area contributed by atoms with Crippen LogP contribution in [0.5, 0.6) is 0 Å². The summed E-state index contributed by atoms with van der Waals surface area (Å²) in [6.45, 7) is 10.3. The zero-order valence-electron chi connectivity index (χ0n) is 9.51. The lowest BCUT2D eigenvalue weighted by molar-refractivity contribution is 0.309. The molecule has 1 rings (SSSR count). The fourth-order valence-corrected chi connectivity index (χ4v) is 1.69. The minimum atomic E-state index is 0.619. The number of hydrogen-bond acceptors (Lipinski definition) is 2. The van der Waals surface area contributed by atoms with Gasteiger partial charge < -0.3 is 10.2 Å². The van der Waals surface area contributed by atoms with Crippen molar-refractivity contribution in [2.24, 2.45) is 11.8 Å². The Morgan fingerprint density at radius 1 is 1.46 bits per heavy atom. The predicted molar refractivity (Wildman–Crippen MR) is 57.9 cm³/mol. The normalized spacial score (nSPS) is 27.2. The first-order chi connectivity index (χ1) is 6.09. The van der Waals surface area contributed by atoms with E-state index in [0.717, 1.165) is 18.4 Å². The number of rotatable bonds is 6. The minimum Gasteiger partial charge on any atom is -0.313 e. The molecule has 0 spiro atoms. The van der Waals surface area contributed by atoms with E-state index in [-0.39, 0.29) is 0 Å². The molecule has 0 amide bonds. The Labute approximate surface area is 82.7 Å². The molecule has 2 unspecified atom stereocenters. The highest BCUT2D eigenvalue weighted by molar-refractivity contribution is 4.84. The first-order valence-corrected chi connectivity index (χ1v) is 5.51. The lowest BCUT2D eigenvalue weighted by Crippen LogP contribution is -2.33. The van der Waals surface area contributed by atoms with Crippen molar-refractivity contribution in [2.45, 2.75) is 33.2 Å². The summed E-state index contributed by atoms with van der Waals surface area (Å²) >= 11 is 0. The van der Waals surface area contributed by atoms with Crippen molar-refractivity contribution in [1.29, 1.82) is 0 Å². The van der Waals surface area contributed by atoms with E-state index >= 15 is 0 Å². The smallest absolute Gasteiger partial charge is 0.0104 e. The van der Waals surface area contributed by atoms with Gasteiger partial charge in [-0.1, -0.05) is 20.8 Å². The van der Waals surface area contributed by atoms with Gasteiger partial charge in [-0.05, 0) is 25.3 Å². The van der Waals surface area contributed by atoms with Crippen molar-refractivity contribution in [3.05, 3.63) is 0 Å². The summed E-state index contributed by atoms with van der Waals surface area (Å²) in [5, 5.41) is 3.44. The third-order valence-corrected chi connectivity index (χ3v) is 2.87. The minimum absolute atomic E-state index is 0.619. The monoisotopic (exact) mass is 184 g/mol. The zero-order chi connectivity index (χ0) is 9.84. The predicted octanol–water partition coefficient (Wildman–Crippen LogP) is 1.57. The Morgan fingerprint density at radius 2 is 2.08 bits per heavy atom. The second-order valence-electron chi connectivity index (χ2n) is 4.84. The van der Waals surface area contributed by atoms with Crippen LogP contribution in [0, 0.1) is 11.8 Å². The molecule has 1 saturated carbocycles. The molecular weight excluding hydrogens is 160 g/mol. The summed E-state index contributed by atoms with van der Waals surface area (Å²) in [7, 11) is 2.23. The van der Waals surface area contributed by atoms with E-state index in [1.165, 1.54) is 19.5 Å². The van der Waals surface area contributed by atoms with Crippen LogP contribution in [-0.2, 0) is 0 Å². The zero-order valence-corrected chi connectivity index (χ0v) is 9.51. The van der Waals surface area contributed by atoms with Crippen LogP contribution in [0.15, 0.2) is 0 Å². The maximum Gasteiger partial charge on any atom is 0.0104 e. The lowest BCUT2D eigenvalue weighted by atomic mass is 10.3. The Balaban J connectivity index is 1.95. The Bertz CT molecular complexity index is 145. The van der Waals surface area contributed by atoms with Crippen LogP contribution >= 0.6 is 0 Å². The highest BCUT2D eigenvalue weighted by Crippen LogP contribution is 2.37. The summed E-state index contributed by atoms with van der Waals surface area (Å²) in [4.78, 5) is 2.45. The molecule has 0 aromatic rings. The molecule has 1 aliphatic rings. The van der Waals surface area contributed by atoms with Gasteiger partial charge in [0.1, 0.15) is 0 Å². The topological polar surface area (TPSA) is 15.3 Å². The van der Waals surface area contributed by atoms with E-state index in [1.807, 2.05) is 0 Å². The fourth-order valence-electron chi connectivity index (χ4n) is 1.69. The van der Waals surface area contributed by atoms with Crippen LogP contribution < -0.4 is 5.32 Å². The van der Waals surface area contributed by atoms with Gasteiger partial charge >= 0.3 is 0 Å². The van der Waals surface area contributed by atoms with Crippen LogP contribution in [-0.4, -0.2) is 37.6 Å². The van der Waals surface area contributed by atoms with Crippen LogP contribution in [0.1, 0.15) is 27.2 Å². The Morgan fingerprint density at radius 3 is 2.54 bits per heavy atom. The number of nitrogens with one attached hydrogen (secondary N) is 1. The molecule has 0 saturated heterocycles. The van der Waals surface area contributed by atoms with Crippen LogP contribution in [0.2, 0.25) is 0 Å². The van der Waals surface area contributed by atoms with Gasteiger partial charge in [0.05, 0.1) is 0 Å². The molecule has 0 bridgehead atoms. The van der Waals surface area contributed by atoms with Crippen molar-refractivity contribution in [3.8, 4) is 0 Å². The Kier molecular flexibility index (Phi) is 4.20. The van der Waals surface area contributed by atoms with Crippen molar-refractivity contribution in [2.75, 3.05) is 26.7 Å². The molecule has 0 radical (unpaired) electrons. The second-order valence-corrected chi connectivity index (χ2v) is 4.84. The quantitative estimate of drug-likeness (QED) is 0.674. The average molecular weight is 184 g/mol. The van der Waals surface area contributed by atoms with E-state index in [4.69, 9.17) is 0 Å². The average Bonchev–Trinajstić information content (AvgIpc) is 2.65. The summed E-state index contributed by atoms with van der Waals surface area (Å²) in [5.41, 5.74) is 0. The maximum atomic E-state index is 3.44. The van der Waals surface area contributed by atoms with Crippen LogP contribution in [0.4, 0.5) is 0 Å². The van der Waals surface area contributed by atoms with Crippen molar-refractivity contribution >= 4 is 0 Å². The highest BCUT2D eigenvalue weighted by Gasteiger charge is 2.32. The Hall–Kier alpha value is -0.0800. The summed E-state index contributed by atoms with van der Waals surface area (Å²) in [6.07, 6.45) is 1.45. The van der Waals surface area contributed by atoms with Crippen molar-refractivity contribution < 1.29 is 0 Å². The van der Waals surface area contributed by atoms with E-state index in [1.54, 1.807) is 0 Å². The van der Waals surface area contributed by atoms with E-state index in [9.17, 15) is 0 Å². The summed E-state index contributed by atoms with van der Waals surface area (Å²) < 4.78 is 0. The number of hydrogen-bond donors (Lipinski definition) is 1. The molecule has 0 heterocycles. The number of likely N-dealkylation sites (N-methyl/N-ethyl adjacent to an activating group) is 1. The lowest BCUT2D eigenvalue weighted by Gasteiger charge is -2.17. The van der Waals surface area contributed by atoms with Gasteiger partial charge in [0.15, 0.2) is 0 Å². The standard InChI is InChI=1S/C11H24N2/c1-9(2)12-5-6-13(4)8-11-7-10(11)3/h9-12H,5-8H2,1-4H3. The molecule has 2 heteroatoms. The molecule has 1 aliphatic carbocycles. The third kappa shape index (κ3) is 4.63. The third-order valence-electron chi connectivity index (χ3n) is 2.87. The molecule has 0 aromatic carbocycles. The van der Waals surface area contributed by atoms with E-state index in [0.29, 0.717) is 6.04 Å². The van der Waals surface area contributed by atoms with Crippen LogP contribution in [0.3, 0.4) is 0 Å². The number of nitrogens with zero attached hydrogens (tertiary/aromatic N) is 1. The van der Waals surface area contributed by atoms with Gasteiger partial charge in [-0.3, -0.25) is 0 Å². The first-order valence-electron chi connectivity index (χ1n) is 5.51. The van der Waals surface area contributed by atoms with Crippen LogP contribution in [0.25, 0.3) is 0 Å². The molecule has 2 nitrogen and oxygen atoms in total. The van der Waals surface area contributed by atoms with E-state index in [2.05, 4.69) is 38.0 Å². The van der Waals surface area contributed by atoms with Gasteiger partial charge in [-0.2, -0.15) is 0 Å². The summed E-state index contributed by atoms with van der Waals surface area (Å²) in [6, 6.07) is 0.619. The highest BCUT2D eigenvalue weighted by atomic mass is 15.1. The molecule has 0 aromatic heterocycles. The fraction of sp³-hybridized carbons (Fsp3) is 1.00. The first kappa shape index (κ1) is 11.0.